The molecule has 0 aliphatic carbocycles. The van der Waals surface area contributed by atoms with E-state index < -0.39 is 0 Å². The lowest BCUT2D eigenvalue weighted by Crippen LogP contribution is -2.13. The third-order valence-corrected chi connectivity index (χ3v) is 2.82. The molecule has 1 aromatic heterocycles. The number of benzene rings is 1. The third-order valence-electron chi connectivity index (χ3n) is 2.82. The van der Waals surface area contributed by atoms with Crippen molar-refractivity contribution in [3.8, 4) is 0 Å². The summed E-state index contributed by atoms with van der Waals surface area (Å²) in [6.07, 6.45) is 3.10. The highest BCUT2D eigenvalue weighted by Gasteiger charge is 2.12. The Labute approximate surface area is 105 Å². The van der Waals surface area contributed by atoms with Gasteiger partial charge in [0.15, 0.2) is 0 Å². The predicted octanol–water partition coefficient (Wildman–Crippen LogP) is 1.35. The minimum absolute atomic E-state index is 0.0310. The number of aromatic nitrogens is 3. The van der Waals surface area contributed by atoms with Gasteiger partial charge in [0.1, 0.15) is 5.82 Å². The molecule has 5 heteroatoms. The first-order valence-electron chi connectivity index (χ1n) is 5.88. The maximum atomic E-state index is 13.1. The second kappa shape index (κ2) is 5.73. The van der Waals surface area contributed by atoms with E-state index in [9.17, 15) is 9.50 Å². The third kappa shape index (κ3) is 3.37. The number of hydrogen-bond acceptors (Lipinski definition) is 3. The summed E-state index contributed by atoms with van der Waals surface area (Å²) in [5, 5.41) is 17.2. The summed E-state index contributed by atoms with van der Waals surface area (Å²) in [4.78, 5) is 0. The molecule has 18 heavy (non-hydrogen) atoms. The summed E-state index contributed by atoms with van der Waals surface area (Å²) < 4.78 is 14.7. The molecule has 0 saturated carbocycles. The van der Waals surface area contributed by atoms with E-state index in [2.05, 4.69) is 10.3 Å². The molecule has 0 amide bonds. The molecule has 0 aliphatic rings. The fourth-order valence-electron chi connectivity index (χ4n) is 1.98. The summed E-state index contributed by atoms with van der Waals surface area (Å²) in [5.41, 5.74) is 1.73. The van der Waals surface area contributed by atoms with Gasteiger partial charge in [-0.25, -0.2) is 4.39 Å². The molecule has 4 nitrogen and oxygen atoms in total. The van der Waals surface area contributed by atoms with Crippen molar-refractivity contribution in [1.82, 2.24) is 15.0 Å². The van der Waals surface area contributed by atoms with Crippen molar-refractivity contribution < 1.29 is 9.50 Å². The van der Waals surface area contributed by atoms with Crippen LogP contribution in [0.4, 0.5) is 4.39 Å². The van der Waals surface area contributed by atoms with Crippen molar-refractivity contribution in [3.05, 3.63) is 47.5 Å². The van der Waals surface area contributed by atoms with E-state index in [-0.39, 0.29) is 18.3 Å². The zero-order valence-electron chi connectivity index (χ0n) is 10.3. The van der Waals surface area contributed by atoms with Gasteiger partial charge in [0, 0.05) is 19.9 Å². The van der Waals surface area contributed by atoms with Gasteiger partial charge in [-0.15, -0.1) is 5.10 Å². The van der Waals surface area contributed by atoms with E-state index in [1.807, 2.05) is 12.3 Å². The molecule has 0 spiro atoms. The monoisotopic (exact) mass is 249 g/mol. The first-order chi connectivity index (χ1) is 8.67. The number of hydrogen-bond donors (Lipinski definition) is 1. The molecule has 0 aliphatic heterocycles. The van der Waals surface area contributed by atoms with Crippen LogP contribution >= 0.6 is 0 Å². The van der Waals surface area contributed by atoms with E-state index in [0.29, 0.717) is 12.8 Å². The molecule has 2 aromatic rings. The zero-order valence-corrected chi connectivity index (χ0v) is 10.3. The van der Waals surface area contributed by atoms with Crippen molar-refractivity contribution in [1.29, 1.82) is 0 Å². The van der Waals surface area contributed by atoms with Crippen LogP contribution in [0.25, 0.3) is 0 Å². The minimum Gasteiger partial charge on any atom is -0.396 e. The molecule has 1 heterocycles. The van der Waals surface area contributed by atoms with Crippen LogP contribution in [0.15, 0.2) is 30.5 Å². The Hall–Kier alpha value is -1.75. The standard InChI is InChI=1S/C13H16FN3O/c1-17-8-13(15-16-17)7-11(9-18)5-10-3-2-4-12(14)6-10/h2-4,6,8,11,18H,5,7,9H2,1H3. The van der Waals surface area contributed by atoms with Crippen LogP contribution in [0.5, 0.6) is 0 Å². The van der Waals surface area contributed by atoms with E-state index in [4.69, 9.17) is 0 Å². The van der Waals surface area contributed by atoms with Crippen LogP contribution in [0.2, 0.25) is 0 Å². The van der Waals surface area contributed by atoms with Gasteiger partial charge in [-0.1, -0.05) is 17.3 Å². The highest BCUT2D eigenvalue weighted by atomic mass is 19.1. The van der Waals surface area contributed by atoms with Crippen molar-refractivity contribution >= 4 is 0 Å². The Morgan fingerprint density at radius 3 is 2.83 bits per heavy atom. The van der Waals surface area contributed by atoms with Gasteiger partial charge in [0.05, 0.1) is 5.69 Å². The number of aliphatic hydroxyl groups is 1. The molecule has 96 valence electrons. The van der Waals surface area contributed by atoms with Crippen molar-refractivity contribution in [3.63, 3.8) is 0 Å². The first kappa shape index (κ1) is 12.7. The lowest BCUT2D eigenvalue weighted by atomic mass is 9.96. The predicted molar refractivity (Wildman–Crippen MR) is 65.4 cm³/mol. The summed E-state index contributed by atoms with van der Waals surface area (Å²) in [5.74, 6) is -0.216. The van der Waals surface area contributed by atoms with E-state index >= 15 is 0 Å². The van der Waals surface area contributed by atoms with Crippen molar-refractivity contribution in [2.45, 2.75) is 12.8 Å². The van der Waals surface area contributed by atoms with Crippen LogP contribution in [-0.4, -0.2) is 26.7 Å². The van der Waals surface area contributed by atoms with Crippen LogP contribution in [0.3, 0.4) is 0 Å². The molecule has 0 radical (unpaired) electrons. The van der Waals surface area contributed by atoms with Gasteiger partial charge in [-0.05, 0) is 36.5 Å². The Kier molecular flexibility index (Phi) is 4.04. The average Bonchev–Trinajstić information content (AvgIpc) is 2.74. The average molecular weight is 249 g/mol. The molecular formula is C13H16FN3O. The Morgan fingerprint density at radius 2 is 2.22 bits per heavy atom. The van der Waals surface area contributed by atoms with Gasteiger partial charge in [0.25, 0.3) is 0 Å². The van der Waals surface area contributed by atoms with E-state index in [1.54, 1.807) is 17.8 Å². The lowest BCUT2D eigenvalue weighted by molar-refractivity contribution is 0.224. The zero-order chi connectivity index (χ0) is 13.0. The van der Waals surface area contributed by atoms with Gasteiger partial charge in [-0.3, -0.25) is 4.68 Å². The molecule has 0 bridgehead atoms. The quantitative estimate of drug-likeness (QED) is 0.870. The normalized spacial score (nSPS) is 12.6. The summed E-state index contributed by atoms with van der Waals surface area (Å²) in [6.45, 7) is 0.0487. The van der Waals surface area contributed by atoms with Gasteiger partial charge < -0.3 is 5.11 Å². The molecule has 0 fully saturated rings. The van der Waals surface area contributed by atoms with Crippen LogP contribution < -0.4 is 0 Å². The molecular weight excluding hydrogens is 233 g/mol. The Bertz CT molecular complexity index is 512. The largest absolute Gasteiger partial charge is 0.396 e. The number of halogens is 1. The molecule has 0 saturated heterocycles. The first-order valence-corrected chi connectivity index (χ1v) is 5.88. The fourth-order valence-corrected chi connectivity index (χ4v) is 1.98. The summed E-state index contributed by atoms with van der Waals surface area (Å²) in [6, 6.07) is 6.46. The Balaban J connectivity index is 2.01. The number of aryl methyl sites for hydroxylation is 1. The second-order valence-electron chi connectivity index (χ2n) is 4.47. The highest BCUT2D eigenvalue weighted by Crippen LogP contribution is 2.14. The lowest BCUT2D eigenvalue weighted by Gasteiger charge is -2.12. The number of nitrogens with zero attached hydrogens (tertiary/aromatic N) is 3. The molecule has 1 aromatic carbocycles. The van der Waals surface area contributed by atoms with Crippen molar-refractivity contribution in [2.75, 3.05) is 6.61 Å². The van der Waals surface area contributed by atoms with Gasteiger partial charge in [0.2, 0.25) is 0 Å². The minimum atomic E-state index is -0.247. The maximum Gasteiger partial charge on any atom is 0.123 e. The molecule has 1 unspecified atom stereocenters. The number of rotatable bonds is 5. The Morgan fingerprint density at radius 1 is 1.39 bits per heavy atom. The molecule has 1 atom stereocenters. The molecule has 1 N–H and O–H groups in total. The van der Waals surface area contributed by atoms with Gasteiger partial charge in [-0.2, -0.15) is 0 Å². The van der Waals surface area contributed by atoms with Crippen LogP contribution in [0, 0.1) is 11.7 Å². The number of aliphatic hydroxyl groups excluding tert-OH is 1. The second-order valence-corrected chi connectivity index (χ2v) is 4.47. The van der Waals surface area contributed by atoms with Gasteiger partial charge >= 0.3 is 0 Å². The topological polar surface area (TPSA) is 50.9 Å². The van der Waals surface area contributed by atoms with Crippen LogP contribution in [-0.2, 0) is 19.9 Å². The highest BCUT2D eigenvalue weighted by molar-refractivity contribution is 5.17. The van der Waals surface area contributed by atoms with Crippen molar-refractivity contribution in [2.24, 2.45) is 13.0 Å². The molecule has 2 rings (SSSR count). The van der Waals surface area contributed by atoms with E-state index in [0.717, 1.165) is 11.3 Å². The van der Waals surface area contributed by atoms with Crippen LogP contribution in [0.1, 0.15) is 11.3 Å². The summed E-state index contributed by atoms with van der Waals surface area (Å²) in [7, 11) is 1.80. The summed E-state index contributed by atoms with van der Waals surface area (Å²) >= 11 is 0. The fraction of sp³-hybridized carbons (Fsp3) is 0.385. The SMILES string of the molecule is Cn1cc(CC(CO)Cc2cccc(F)c2)nn1. The van der Waals surface area contributed by atoms with E-state index in [1.165, 1.54) is 12.1 Å². The maximum absolute atomic E-state index is 13.1. The smallest absolute Gasteiger partial charge is 0.123 e.